The van der Waals surface area contributed by atoms with Crippen molar-refractivity contribution in [2.45, 2.75) is 24.1 Å². The van der Waals surface area contributed by atoms with Gasteiger partial charge >= 0.3 is 6.43 Å². The van der Waals surface area contributed by atoms with Gasteiger partial charge < -0.3 is 10.4 Å². The quantitative estimate of drug-likeness (QED) is 0.623. The highest BCUT2D eigenvalue weighted by Gasteiger charge is 2.26. The Balaban J connectivity index is 2.16. The van der Waals surface area contributed by atoms with Crippen molar-refractivity contribution in [1.82, 2.24) is 10.3 Å². The highest BCUT2D eigenvalue weighted by Crippen LogP contribution is 2.26. The van der Waals surface area contributed by atoms with E-state index in [0.717, 1.165) is 6.26 Å². The number of nitrogens with one attached hydrogen (secondary N) is 1. The standard InChI is InChI=1S/C18H18F4N2O4S/c1-29(27,28)17(22)13-7-6-12(9-23-13)10-2-4-11(5-3-10)15(25)14(8-19)24-18(26)16(20)21/h2-7,9,14-17,25H,8H2,1H3,(H,24,26)/t14-,15-,17?/m1/s1. The first kappa shape index (κ1) is 22.8. The van der Waals surface area contributed by atoms with Crippen LogP contribution in [0.15, 0.2) is 42.6 Å². The molecular weight excluding hydrogens is 416 g/mol. The van der Waals surface area contributed by atoms with Gasteiger partial charge in [-0.05, 0) is 17.2 Å². The molecule has 6 nitrogen and oxygen atoms in total. The van der Waals surface area contributed by atoms with Crippen LogP contribution in [0.3, 0.4) is 0 Å². The van der Waals surface area contributed by atoms with E-state index in [-0.39, 0.29) is 11.3 Å². The van der Waals surface area contributed by atoms with E-state index in [0.29, 0.717) is 11.1 Å². The Hall–Kier alpha value is -2.53. The van der Waals surface area contributed by atoms with Crippen LogP contribution in [0, 0.1) is 0 Å². The molecule has 1 aromatic carbocycles. The van der Waals surface area contributed by atoms with Crippen LogP contribution in [-0.4, -0.2) is 49.8 Å². The number of aromatic nitrogens is 1. The molecule has 11 heteroatoms. The Morgan fingerprint density at radius 3 is 2.14 bits per heavy atom. The van der Waals surface area contributed by atoms with Gasteiger partial charge in [-0.1, -0.05) is 30.3 Å². The summed E-state index contributed by atoms with van der Waals surface area (Å²) < 4.78 is 73.9. The molecule has 0 saturated heterocycles. The third-order valence-corrected chi connectivity index (χ3v) is 5.05. The SMILES string of the molecule is CS(=O)(=O)C(F)c1ccc(-c2ccc([C@@H](O)[C@@H](CF)NC(=O)C(F)F)cc2)cn1. The molecule has 0 radical (unpaired) electrons. The van der Waals surface area contributed by atoms with Crippen molar-refractivity contribution in [3.05, 3.63) is 53.9 Å². The minimum atomic E-state index is -3.94. The lowest BCUT2D eigenvalue weighted by Crippen LogP contribution is -2.43. The number of hydrogen-bond donors (Lipinski definition) is 2. The van der Waals surface area contributed by atoms with Gasteiger partial charge in [-0.25, -0.2) is 17.2 Å². The predicted octanol–water partition coefficient (Wildman–Crippen LogP) is 2.51. The third-order valence-electron chi connectivity index (χ3n) is 4.05. The van der Waals surface area contributed by atoms with Crippen LogP contribution in [0.1, 0.15) is 22.9 Å². The number of alkyl halides is 4. The van der Waals surface area contributed by atoms with E-state index in [1.165, 1.54) is 42.6 Å². The zero-order valence-electron chi connectivity index (χ0n) is 15.1. The summed E-state index contributed by atoms with van der Waals surface area (Å²) in [5.41, 5.74) is -1.23. The molecule has 29 heavy (non-hydrogen) atoms. The molecule has 158 valence electrons. The number of hydrogen-bond acceptors (Lipinski definition) is 5. The lowest BCUT2D eigenvalue weighted by atomic mass is 9.99. The Morgan fingerprint density at radius 2 is 1.69 bits per heavy atom. The van der Waals surface area contributed by atoms with Crippen molar-refractivity contribution in [1.29, 1.82) is 0 Å². The number of aliphatic hydroxyl groups is 1. The number of nitrogens with zero attached hydrogens (tertiary/aromatic N) is 1. The maximum Gasteiger partial charge on any atom is 0.315 e. The van der Waals surface area contributed by atoms with Gasteiger partial charge in [0.1, 0.15) is 12.8 Å². The number of rotatable bonds is 8. The maximum atomic E-state index is 13.8. The fourth-order valence-electron chi connectivity index (χ4n) is 2.48. The number of sulfone groups is 1. The smallest absolute Gasteiger partial charge is 0.315 e. The lowest BCUT2D eigenvalue weighted by Gasteiger charge is -2.22. The first-order chi connectivity index (χ1) is 13.5. The molecule has 0 aliphatic heterocycles. The molecule has 1 unspecified atom stereocenters. The molecule has 1 amide bonds. The molecule has 2 aromatic rings. The first-order valence-electron chi connectivity index (χ1n) is 8.26. The number of benzene rings is 1. The van der Waals surface area contributed by atoms with Gasteiger partial charge in [-0.15, -0.1) is 0 Å². The van der Waals surface area contributed by atoms with E-state index in [1.54, 1.807) is 5.32 Å². The molecule has 2 rings (SSSR count). The van der Waals surface area contributed by atoms with Crippen molar-refractivity contribution >= 4 is 15.7 Å². The highest BCUT2D eigenvalue weighted by molar-refractivity contribution is 7.90. The fraction of sp³-hybridized carbons (Fsp3) is 0.333. The summed E-state index contributed by atoms with van der Waals surface area (Å²) in [6, 6.07) is 6.98. The van der Waals surface area contributed by atoms with E-state index in [4.69, 9.17) is 0 Å². The zero-order chi connectivity index (χ0) is 21.8. The average Bonchev–Trinajstić information content (AvgIpc) is 2.70. The predicted molar refractivity (Wildman–Crippen MR) is 97.2 cm³/mol. The van der Waals surface area contributed by atoms with E-state index in [2.05, 4.69) is 4.98 Å². The molecule has 1 heterocycles. The normalized spacial score (nSPS) is 15.0. The van der Waals surface area contributed by atoms with Crippen molar-refractivity contribution in [3.8, 4) is 11.1 Å². The van der Waals surface area contributed by atoms with Crippen LogP contribution < -0.4 is 5.32 Å². The van der Waals surface area contributed by atoms with Gasteiger partial charge in [0.25, 0.3) is 5.91 Å². The van der Waals surface area contributed by atoms with E-state index in [9.17, 15) is 35.9 Å². The first-order valence-corrected chi connectivity index (χ1v) is 10.2. The average molecular weight is 434 g/mol. The van der Waals surface area contributed by atoms with E-state index in [1.807, 2.05) is 0 Å². The number of amides is 1. The van der Waals surface area contributed by atoms with Crippen molar-refractivity contribution < 1.29 is 35.9 Å². The number of carbonyl (C=O) groups is 1. The molecular formula is C18H18F4N2O4S. The summed E-state index contributed by atoms with van der Waals surface area (Å²) in [6.45, 7) is -1.25. The second-order valence-corrected chi connectivity index (χ2v) is 8.33. The highest BCUT2D eigenvalue weighted by atomic mass is 32.2. The van der Waals surface area contributed by atoms with E-state index < -0.39 is 46.5 Å². The van der Waals surface area contributed by atoms with Crippen molar-refractivity contribution in [2.75, 3.05) is 12.9 Å². The summed E-state index contributed by atoms with van der Waals surface area (Å²) in [5, 5.41) is 11.9. The minimum Gasteiger partial charge on any atom is -0.386 e. The summed E-state index contributed by atoms with van der Waals surface area (Å²) >= 11 is 0. The van der Waals surface area contributed by atoms with Crippen LogP contribution in [0.5, 0.6) is 0 Å². The van der Waals surface area contributed by atoms with Crippen LogP contribution in [0.4, 0.5) is 17.6 Å². The Morgan fingerprint density at radius 1 is 1.10 bits per heavy atom. The number of aliphatic hydroxyl groups excluding tert-OH is 1. The molecule has 0 spiro atoms. The van der Waals surface area contributed by atoms with Crippen molar-refractivity contribution in [2.24, 2.45) is 0 Å². The molecule has 0 aliphatic carbocycles. The summed E-state index contributed by atoms with van der Waals surface area (Å²) in [7, 11) is -3.94. The zero-order valence-corrected chi connectivity index (χ0v) is 15.9. The van der Waals surface area contributed by atoms with Crippen LogP contribution in [0.2, 0.25) is 0 Å². The molecule has 3 atom stereocenters. The lowest BCUT2D eigenvalue weighted by molar-refractivity contribution is -0.133. The minimum absolute atomic E-state index is 0.177. The Labute approximate surface area is 164 Å². The largest absolute Gasteiger partial charge is 0.386 e. The van der Waals surface area contributed by atoms with Crippen molar-refractivity contribution in [3.63, 3.8) is 0 Å². The molecule has 2 N–H and O–H groups in total. The van der Waals surface area contributed by atoms with Gasteiger partial charge in [-0.3, -0.25) is 9.78 Å². The number of halogens is 4. The summed E-state index contributed by atoms with van der Waals surface area (Å²) in [4.78, 5) is 14.8. The van der Waals surface area contributed by atoms with Gasteiger partial charge in [0.05, 0.1) is 11.7 Å². The molecule has 1 aromatic heterocycles. The molecule has 0 fully saturated rings. The molecule has 0 saturated carbocycles. The van der Waals surface area contributed by atoms with Gasteiger partial charge in [0.15, 0.2) is 9.84 Å². The van der Waals surface area contributed by atoms with E-state index >= 15 is 0 Å². The second kappa shape index (κ2) is 9.31. The second-order valence-electron chi connectivity index (χ2n) is 6.25. The fourth-order valence-corrected chi connectivity index (χ4v) is 3.06. The van der Waals surface area contributed by atoms with Gasteiger partial charge in [-0.2, -0.15) is 8.78 Å². The van der Waals surface area contributed by atoms with Gasteiger partial charge in [0, 0.05) is 18.0 Å². The van der Waals surface area contributed by atoms with Crippen LogP contribution in [0.25, 0.3) is 11.1 Å². The van der Waals surface area contributed by atoms with Gasteiger partial charge in [0.2, 0.25) is 5.50 Å². The Kier molecular flexibility index (Phi) is 7.31. The maximum absolute atomic E-state index is 13.8. The number of pyridine rings is 1. The number of carbonyl (C=O) groups excluding carboxylic acids is 1. The van der Waals surface area contributed by atoms with Crippen LogP contribution in [-0.2, 0) is 14.6 Å². The topological polar surface area (TPSA) is 96.4 Å². The third kappa shape index (κ3) is 5.73. The van der Waals surface area contributed by atoms with Crippen LogP contribution >= 0.6 is 0 Å². The summed E-state index contributed by atoms with van der Waals surface area (Å²) in [5.74, 6) is -1.69. The monoisotopic (exact) mass is 434 g/mol. The molecule has 0 aliphatic rings. The Bertz CT molecular complexity index is 937. The summed E-state index contributed by atoms with van der Waals surface area (Å²) in [6.07, 6.45) is -2.86. The molecule has 0 bridgehead atoms.